The average molecular weight is 463 g/mol. The van der Waals surface area contributed by atoms with Gasteiger partial charge in [0.1, 0.15) is 5.75 Å². The lowest BCUT2D eigenvalue weighted by atomic mass is 10.2. The van der Waals surface area contributed by atoms with Crippen molar-refractivity contribution >= 4 is 56.8 Å². The number of fused-ring (bicyclic) bond motifs is 1. The van der Waals surface area contributed by atoms with Crippen LogP contribution in [0.3, 0.4) is 0 Å². The van der Waals surface area contributed by atoms with Crippen LogP contribution in [0.4, 0.5) is 10.8 Å². The van der Waals surface area contributed by atoms with Gasteiger partial charge in [0.15, 0.2) is 5.13 Å². The number of aromatic nitrogens is 1. The van der Waals surface area contributed by atoms with Crippen molar-refractivity contribution in [2.24, 2.45) is 0 Å². The number of ether oxygens (including phenoxy) is 1. The van der Waals surface area contributed by atoms with Crippen molar-refractivity contribution in [3.8, 4) is 5.75 Å². The summed E-state index contributed by atoms with van der Waals surface area (Å²) in [5, 5.41) is 11.5. The van der Waals surface area contributed by atoms with E-state index in [1.54, 1.807) is 30.2 Å². The lowest BCUT2D eigenvalue weighted by Crippen LogP contribution is -2.35. The smallest absolute Gasteiger partial charge is 0.270 e. The van der Waals surface area contributed by atoms with Gasteiger partial charge in [0.2, 0.25) is 0 Å². The fourth-order valence-corrected chi connectivity index (χ4v) is 3.76. The van der Waals surface area contributed by atoms with Crippen molar-refractivity contribution in [2.45, 2.75) is 0 Å². The molecule has 0 spiro atoms. The molecular formula is C21H23ClN4O4S. The molecule has 2 aromatic carbocycles. The molecule has 0 aliphatic carbocycles. The Morgan fingerprint density at radius 3 is 2.68 bits per heavy atom. The maximum absolute atomic E-state index is 13.0. The maximum Gasteiger partial charge on any atom is 0.270 e. The summed E-state index contributed by atoms with van der Waals surface area (Å²) in [7, 11) is 5.48. The zero-order valence-corrected chi connectivity index (χ0v) is 19.0. The van der Waals surface area contributed by atoms with Gasteiger partial charge in [-0.2, -0.15) is 0 Å². The van der Waals surface area contributed by atoms with Gasteiger partial charge < -0.3 is 9.64 Å². The van der Waals surface area contributed by atoms with Gasteiger partial charge in [0, 0.05) is 31.3 Å². The molecule has 3 aromatic rings. The van der Waals surface area contributed by atoms with Crippen LogP contribution in [0.15, 0.2) is 48.5 Å². The van der Waals surface area contributed by atoms with E-state index in [0.29, 0.717) is 23.8 Å². The number of hydrogen-bond acceptors (Lipinski definition) is 7. The highest BCUT2D eigenvalue weighted by Gasteiger charge is 2.18. The van der Waals surface area contributed by atoms with Gasteiger partial charge in [0.05, 0.1) is 22.2 Å². The molecule has 0 bridgehead atoms. The maximum atomic E-state index is 13.0. The highest BCUT2D eigenvalue weighted by molar-refractivity contribution is 7.22. The third kappa shape index (κ3) is 6.24. The Morgan fingerprint density at radius 1 is 1.23 bits per heavy atom. The summed E-state index contributed by atoms with van der Waals surface area (Å²) >= 11 is 1.42. The quantitative estimate of drug-likeness (QED) is 0.282. The Labute approximate surface area is 190 Å². The van der Waals surface area contributed by atoms with Crippen LogP contribution in [0.1, 0.15) is 5.56 Å². The van der Waals surface area contributed by atoms with Gasteiger partial charge in [-0.3, -0.25) is 19.8 Å². The zero-order valence-electron chi connectivity index (χ0n) is 17.3. The van der Waals surface area contributed by atoms with E-state index < -0.39 is 4.92 Å². The van der Waals surface area contributed by atoms with Crippen LogP contribution in [-0.2, 0) is 4.79 Å². The summed E-state index contributed by atoms with van der Waals surface area (Å²) in [6.07, 6.45) is 3.00. The normalized spacial score (nSPS) is 11.0. The van der Waals surface area contributed by atoms with Crippen LogP contribution in [-0.4, -0.2) is 55.0 Å². The first-order valence-electron chi connectivity index (χ1n) is 9.20. The van der Waals surface area contributed by atoms with Gasteiger partial charge in [-0.15, -0.1) is 12.4 Å². The molecule has 1 amide bonds. The van der Waals surface area contributed by atoms with Crippen LogP contribution < -0.4 is 9.64 Å². The predicted molar refractivity (Wildman–Crippen MR) is 126 cm³/mol. The standard InChI is InChI=1S/C21H22N4O4S.ClH/c1-23(2)11-12-24(21-22-18-9-8-17(29-3)14-19(18)30-21)20(26)10-7-15-5-4-6-16(13-15)25(27)28;/h4-10,13-14H,11-12H2,1-3H3;1H. The number of nitro benzene ring substituents is 1. The second-order valence-electron chi connectivity index (χ2n) is 6.81. The van der Waals surface area contributed by atoms with E-state index in [9.17, 15) is 14.9 Å². The van der Waals surface area contributed by atoms with Gasteiger partial charge in [-0.1, -0.05) is 23.5 Å². The summed E-state index contributed by atoms with van der Waals surface area (Å²) < 4.78 is 6.19. The summed E-state index contributed by atoms with van der Waals surface area (Å²) in [4.78, 5) is 31.7. The number of anilines is 1. The third-order valence-electron chi connectivity index (χ3n) is 4.35. The molecule has 31 heavy (non-hydrogen) atoms. The number of rotatable bonds is 8. The first-order chi connectivity index (χ1) is 14.4. The SMILES string of the molecule is COc1ccc2nc(N(CCN(C)C)C(=O)C=Cc3cccc([N+](=O)[O-])c3)sc2c1.Cl. The van der Waals surface area contributed by atoms with Gasteiger partial charge in [0.25, 0.3) is 11.6 Å². The third-order valence-corrected chi connectivity index (χ3v) is 5.39. The Morgan fingerprint density at radius 2 is 2.00 bits per heavy atom. The van der Waals surface area contributed by atoms with E-state index in [2.05, 4.69) is 4.98 Å². The molecule has 0 atom stereocenters. The summed E-state index contributed by atoms with van der Waals surface area (Å²) in [6, 6.07) is 11.7. The van der Waals surface area contributed by atoms with Crippen molar-refractivity contribution in [2.75, 3.05) is 39.2 Å². The van der Waals surface area contributed by atoms with E-state index in [1.807, 2.05) is 37.2 Å². The van der Waals surface area contributed by atoms with E-state index in [0.717, 1.165) is 16.0 Å². The number of nitrogens with zero attached hydrogens (tertiary/aromatic N) is 4. The Kier molecular flexibility index (Phi) is 8.49. The fourth-order valence-electron chi connectivity index (χ4n) is 2.73. The van der Waals surface area contributed by atoms with E-state index in [-0.39, 0.29) is 24.0 Å². The number of thiazole rings is 1. The summed E-state index contributed by atoms with van der Waals surface area (Å²) in [5.41, 5.74) is 1.36. The molecule has 0 aliphatic rings. The molecular weight excluding hydrogens is 440 g/mol. The predicted octanol–water partition coefficient (Wildman–Crippen LogP) is 4.24. The molecule has 0 saturated heterocycles. The minimum absolute atomic E-state index is 0. The molecule has 3 rings (SSSR count). The number of carbonyl (C=O) groups is 1. The number of amides is 1. The average Bonchev–Trinajstić information content (AvgIpc) is 3.15. The number of carbonyl (C=O) groups excluding carboxylic acids is 1. The van der Waals surface area contributed by atoms with Crippen LogP contribution >= 0.6 is 23.7 Å². The number of nitro groups is 1. The number of likely N-dealkylation sites (N-methyl/N-ethyl adjacent to an activating group) is 1. The molecule has 0 saturated carbocycles. The first kappa shape index (κ1) is 24.3. The molecule has 1 heterocycles. The van der Waals surface area contributed by atoms with E-state index in [1.165, 1.54) is 29.5 Å². The Balaban J connectivity index is 0.00000341. The second kappa shape index (κ2) is 10.9. The van der Waals surface area contributed by atoms with E-state index >= 15 is 0 Å². The van der Waals surface area contributed by atoms with E-state index in [4.69, 9.17) is 4.74 Å². The largest absolute Gasteiger partial charge is 0.497 e. The second-order valence-corrected chi connectivity index (χ2v) is 7.82. The number of methoxy groups -OCH3 is 1. The first-order valence-corrected chi connectivity index (χ1v) is 10.0. The molecule has 0 unspecified atom stereocenters. The molecule has 0 fully saturated rings. The molecule has 164 valence electrons. The van der Waals surface area contributed by atoms with Gasteiger partial charge in [-0.05, 0) is 43.9 Å². The van der Waals surface area contributed by atoms with Gasteiger partial charge >= 0.3 is 0 Å². The molecule has 0 aliphatic heterocycles. The summed E-state index contributed by atoms with van der Waals surface area (Å²) in [6.45, 7) is 1.12. The zero-order chi connectivity index (χ0) is 21.7. The molecule has 0 N–H and O–H groups in total. The van der Waals surface area contributed by atoms with Crippen molar-refractivity contribution < 1.29 is 14.5 Å². The van der Waals surface area contributed by atoms with Crippen LogP contribution in [0, 0.1) is 10.1 Å². The number of benzene rings is 2. The highest BCUT2D eigenvalue weighted by atomic mass is 35.5. The van der Waals surface area contributed by atoms with Crippen molar-refractivity contribution in [3.05, 3.63) is 64.2 Å². The number of halogens is 1. The lowest BCUT2D eigenvalue weighted by Gasteiger charge is -2.20. The van der Waals surface area contributed by atoms with Crippen molar-refractivity contribution in [1.82, 2.24) is 9.88 Å². The molecule has 10 heteroatoms. The number of hydrogen-bond donors (Lipinski definition) is 0. The lowest BCUT2D eigenvalue weighted by molar-refractivity contribution is -0.384. The van der Waals surface area contributed by atoms with Crippen molar-refractivity contribution in [1.29, 1.82) is 0 Å². The minimum atomic E-state index is -0.460. The number of non-ortho nitro benzene ring substituents is 1. The van der Waals surface area contributed by atoms with Crippen LogP contribution in [0.2, 0.25) is 0 Å². The summed E-state index contributed by atoms with van der Waals surface area (Å²) in [5.74, 6) is 0.490. The highest BCUT2D eigenvalue weighted by Crippen LogP contribution is 2.31. The van der Waals surface area contributed by atoms with Crippen LogP contribution in [0.25, 0.3) is 16.3 Å². The Bertz CT molecular complexity index is 1100. The minimum Gasteiger partial charge on any atom is -0.497 e. The molecule has 8 nitrogen and oxygen atoms in total. The molecule has 1 aromatic heterocycles. The molecule has 0 radical (unpaired) electrons. The fraction of sp³-hybridized carbons (Fsp3) is 0.238. The monoisotopic (exact) mass is 462 g/mol. The van der Waals surface area contributed by atoms with Crippen molar-refractivity contribution in [3.63, 3.8) is 0 Å². The van der Waals surface area contributed by atoms with Gasteiger partial charge in [-0.25, -0.2) is 4.98 Å². The Hall–Kier alpha value is -3.01. The topological polar surface area (TPSA) is 88.8 Å². The van der Waals surface area contributed by atoms with Crippen LogP contribution in [0.5, 0.6) is 5.75 Å².